The molecule has 0 fully saturated rings. The number of para-hydroxylation sites is 1. The Kier molecular flexibility index (Phi) is 5.73. The summed E-state index contributed by atoms with van der Waals surface area (Å²) in [5, 5.41) is 9.66. The Hall–Kier alpha value is -2.92. The molecule has 5 heteroatoms. The highest BCUT2D eigenvalue weighted by Crippen LogP contribution is 2.31. The Labute approximate surface area is 181 Å². The molecule has 0 amide bonds. The van der Waals surface area contributed by atoms with Gasteiger partial charge in [-0.15, -0.1) is 10.2 Å². The van der Waals surface area contributed by atoms with E-state index in [0.717, 1.165) is 22.2 Å². The molecule has 0 radical (unpaired) electrons. The zero-order chi connectivity index (χ0) is 21.1. The van der Waals surface area contributed by atoms with Crippen molar-refractivity contribution in [2.75, 3.05) is 0 Å². The summed E-state index contributed by atoms with van der Waals surface area (Å²) in [6, 6.07) is 25.4. The van der Waals surface area contributed by atoms with Crippen LogP contribution in [0.2, 0.25) is 0 Å². The Bertz CT molecular complexity index is 1130. The van der Waals surface area contributed by atoms with E-state index in [-0.39, 0.29) is 11.2 Å². The largest absolute Gasteiger partial charge is 0.270 e. The van der Waals surface area contributed by atoms with Gasteiger partial charge >= 0.3 is 0 Å². The maximum absolute atomic E-state index is 14.1. The first-order valence-electron chi connectivity index (χ1n) is 9.91. The number of rotatable bonds is 5. The van der Waals surface area contributed by atoms with Crippen LogP contribution in [0.15, 0.2) is 84.0 Å². The molecule has 4 rings (SSSR count). The summed E-state index contributed by atoms with van der Waals surface area (Å²) in [4.78, 5) is 0. The van der Waals surface area contributed by atoms with Gasteiger partial charge in [-0.25, -0.2) is 4.39 Å². The van der Waals surface area contributed by atoms with Crippen LogP contribution in [0.5, 0.6) is 0 Å². The fraction of sp³-hybridized carbons (Fsp3) is 0.200. The third kappa shape index (κ3) is 4.31. The molecule has 0 atom stereocenters. The lowest BCUT2D eigenvalue weighted by atomic mass is 9.87. The average Bonchev–Trinajstić information content (AvgIpc) is 3.17. The molecule has 152 valence electrons. The van der Waals surface area contributed by atoms with Crippen molar-refractivity contribution in [3.63, 3.8) is 0 Å². The molecule has 1 heterocycles. The van der Waals surface area contributed by atoms with Crippen LogP contribution in [0.4, 0.5) is 4.39 Å². The molecule has 1 aromatic heterocycles. The summed E-state index contributed by atoms with van der Waals surface area (Å²) in [6.45, 7) is 6.60. The molecule has 0 spiro atoms. The molecule has 3 nitrogen and oxygen atoms in total. The van der Waals surface area contributed by atoms with E-state index < -0.39 is 0 Å². The van der Waals surface area contributed by atoms with Crippen molar-refractivity contribution in [2.24, 2.45) is 0 Å². The third-order valence-electron chi connectivity index (χ3n) is 4.97. The van der Waals surface area contributed by atoms with Crippen LogP contribution in [0, 0.1) is 5.82 Å². The van der Waals surface area contributed by atoms with Gasteiger partial charge in [0.05, 0.1) is 0 Å². The van der Waals surface area contributed by atoms with E-state index in [4.69, 9.17) is 0 Å². The summed E-state index contributed by atoms with van der Waals surface area (Å²) < 4.78 is 16.1. The van der Waals surface area contributed by atoms with E-state index in [1.165, 1.54) is 23.4 Å². The van der Waals surface area contributed by atoms with Crippen molar-refractivity contribution >= 4 is 11.8 Å². The quantitative estimate of drug-likeness (QED) is 0.340. The third-order valence-corrected chi connectivity index (χ3v) is 5.95. The van der Waals surface area contributed by atoms with Crippen molar-refractivity contribution < 1.29 is 4.39 Å². The van der Waals surface area contributed by atoms with Gasteiger partial charge in [0.15, 0.2) is 11.0 Å². The van der Waals surface area contributed by atoms with Crippen molar-refractivity contribution in [3.05, 3.63) is 95.8 Å². The van der Waals surface area contributed by atoms with Crippen molar-refractivity contribution in [1.82, 2.24) is 14.8 Å². The highest BCUT2D eigenvalue weighted by Gasteiger charge is 2.18. The lowest BCUT2D eigenvalue weighted by Gasteiger charge is -2.19. The summed E-state index contributed by atoms with van der Waals surface area (Å²) in [6.07, 6.45) is 0. The van der Waals surface area contributed by atoms with Crippen LogP contribution in [-0.2, 0) is 11.2 Å². The molecule has 0 aliphatic heterocycles. The van der Waals surface area contributed by atoms with Crippen LogP contribution in [0.3, 0.4) is 0 Å². The van der Waals surface area contributed by atoms with E-state index in [9.17, 15) is 4.39 Å². The molecule has 0 aliphatic rings. The van der Waals surface area contributed by atoms with Crippen LogP contribution in [-0.4, -0.2) is 14.8 Å². The molecule has 0 aliphatic carbocycles. The maximum atomic E-state index is 14.1. The monoisotopic (exact) mass is 417 g/mol. The second-order valence-corrected chi connectivity index (χ2v) is 9.13. The van der Waals surface area contributed by atoms with Crippen LogP contribution in [0.25, 0.3) is 17.1 Å². The predicted octanol–water partition coefficient (Wildman–Crippen LogP) is 6.66. The first-order valence-corrected chi connectivity index (χ1v) is 10.9. The van der Waals surface area contributed by atoms with Gasteiger partial charge < -0.3 is 0 Å². The first kappa shape index (κ1) is 20.4. The van der Waals surface area contributed by atoms with Gasteiger partial charge in [0.2, 0.25) is 0 Å². The minimum Gasteiger partial charge on any atom is -0.270 e. The lowest BCUT2D eigenvalue weighted by molar-refractivity contribution is 0.590. The number of aromatic nitrogens is 3. The number of hydrogen-bond acceptors (Lipinski definition) is 3. The summed E-state index contributed by atoms with van der Waals surface area (Å²) in [5.74, 6) is 1.06. The van der Waals surface area contributed by atoms with Gasteiger partial charge in [0.1, 0.15) is 5.82 Å². The molecule has 4 aromatic rings. The topological polar surface area (TPSA) is 30.7 Å². The van der Waals surface area contributed by atoms with Crippen LogP contribution in [0.1, 0.15) is 31.9 Å². The lowest BCUT2D eigenvalue weighted by Crippen LogP contribution is -2.10. The molecular formula is C25H24FN3S. The molecule has 30 heavy (non-hydrogen) atoms. The summed E-state index contributed by atoms with van der Waals surface area (Å²) in [5.41, 5.74) is 3.99. The number of nitrogens with zero attached hydrogens (tertiary/aromatic N) is 3. The smallest absolute Gasteiger partial charge is 0.196 e. The minimum atomic E-state index is -0.200. The van der Waals surface area contributed by atoms with Crippen molar-refractivity contribution in [2.45, 2.75) is 37.1 Å². The first-order chi connectivity index (χ1) is 14.4. The molecule has 0 saturated heterocycles. The minimum absolute atomic E-state index is 0.0897. The maximum Gasteiger partial charge on any atom is 0.196 e. The number of thioether (sulfide) groups is 1. The standard InChI is InChI=1S/C25H24FN3S/c1-25(2,3)20-15-13-18(14-16-20)23-27-28-24(29(23)21-10-5-4-6-11-21)30-17-19-9-7-8-12-22(19)26/h4-16H,17H2,1-3H3. The molecule has 0 N–H and O–H groups in total. The number of benzene rings is 3. The Morgan fingerprint density at radius 2 is 1.50 bits per heavy atom. The normalized spacial score (nSPS) is 11.6. The second kappa shape index (κ2) is 8.44. The van der Waals surface area contributed by atoms with Crippen molar-refractivity contribution in [3.8, 4) is 17.1 Å². The molecular weight excluding hydrogens is 393 g/mol. The molecule has 0 bridgehead atoms. The SMILES string of the molecule is CC(C)(C)c1ccc(-c2nnc(SCc3ccccc3F)n2-c2ccccc2)cc1. The Morgan fingerprint density at radius 1 is 0.833 bits per heavy atom. The fourth-order valence-corrected chi connectivity index (χ4v) is 4.18. The molecule has 3 aromatic carbocycles. The number of hydrogen-bond donors (Lipinski definition) is 0. The van der Waals surface area contributed by atoms with Crippen LogP contribution < -0.4 is 0 Å². The van der Waals surface area contributed by atoms with E-state index in [1.54, 1.807) is 12.1 Å². The van der Waals surface area contributed by atoms with Gasteiger partial charge in [0, 0.05) is 17.0 Å². The Morgan fingerprint density at radius 3 is 2.17 bits per heavy atom. The summed E-state index contributed by atoms with van der Waals surface area (Å²) in [7, 11) is 0. The van der Waals surface area contributed by atoms with Gasteiger partial charge in [-0.1, -0.05) is 93.2 Å². The summed E-state index contributed by atoms with van der Waals surface area (Å²) >= 11 is 1.48. The Balaban J connectivity index is 1.72. The molecule has 0 saturated carbocycles. The zero-order valence-corrected chi connectivity index (χ0v) is 18.2. The predicted molar refractivity (Wildman–Crippen MR) is 121 cm³/mol. The average molecular weight is 418 g/mol. The van der Waals surface area contributed by atoms with E-state index in [2.05, 4.69) is 55.2 Å². The number of halogens is 1. The van der Waals surface area contributed by atoms with Gasteiger partial charge in [0.25, 0.3) is 0 Å². The van der Waals surface area contributed by atoms with Crippen LogP contribution >= 0.6 is 11.8 Å². The van der Waals surface area contributed by atoms with E-state index in [0.29, 0.717) is 11.3 Å². The highest BCUT2D eigenvalue weighted by molar-refractivity contribution is 7.98. The molecule has 0 unspecified atom stereocenters. The van der Waals surface area contributed by atoms with E-state index >= 15 is 0 Å². The van der Waals surface area contributed by atoms with Gasteiger partial charge in [-0.2, -0.15) is 0 Å². The fourth-order valence-electron chi connectivity index (χ4n) is 3.24. The van der Waals surface area contributed by atoms with Gasteiger partial charge in [-0.05, 0) is 34.7 Å². The van der Waals surface area contributed by atoms with Gasteiger partial charge in [-0.3, -0.25) is 4.57 Å². The van der Waals surface area contributed by atoms with Crippen molar-refractivity contribution in [1.29, 1.82) is 0 Å². The second-order valence-electron chi connectivity index (χ2n) is 8.18. The van der Waals surface area contributed by atoms with E-state index in [1.807, 2.05) is 41.0 Å². The zero-order valence-electron chi connectivity index (χ0n) is 17.3. The highest BCUT2D eigenvalue weighted by atomic mass is 32.2.